The third-order valence-corrected chi connectivity index (χ3v) is 6.07. The minimum atomic E-state index is -3.76. The Bertz CT molecular complexity index is 986. The summed E-state index contributed by atoms with van der Waals surface area (Å²) in [5.41, 5.74) is 0.00160. The average Bonchev–Trinajstić information content (AvgIpc) is 2.68. The third kappa shape index (κ3) is 11.5. The van der Waals surface area contributed by atoms with Gasteiger partial charge in [-0.05, 0) is 38.3 Å². The Hall–Kier alpha value is -2.59. The number of hydrogen-bond donors (Lipinski definition) is 2. The first-order valence-corrected chi connectivity index (χ1v) is 12.9. The lowest BCUT2D eigenvalue weighted by atomic mass is 10.0. The summed E-state index contributed by atoms with van der Waals surface area (Å²) in [6, 6.07) is 6.92. The number of amides is 2. The maximum Gasteiger partial charge on any atom is 0.408 e. The van der Waals surface area contributed by atoms with E-state index in [1.54, 1.807) is 58.9 Å². The number of alkyl carbamates (subject to hydrolysis) is 1. The zero-order valence-electron chi connectivity index (χ0n) is 20.3. The highest BCUT2D eigenvalue weighted by atomic mass is 35.5. The first kappa shape index (κ1) is 29.4. The first-order chi connectivity index (χ1) is 15.6. The Morgan fingerprint density at radius 1 is 1.09 bits per heavy atom. The van der Waals surface area contributed by atoms with E-state index >= 15 is 0 Å². The van der Waals surface area contributed by atoms with Crippen LogP contribution in [0.2, 0.25) is 0 Å². The number of sulfone groups is 1. The van der Waals surface area contributed by atoms with E-state index in [1.807, 2.05) is 6.07 Å². The summed E-state index contributed by atoms with van der Waals surface area (Å²) < 4.78 is 33.4. The molecule has 0 aliphatic heterocycles. The molecule has 11 heteroatoms. The molecule has 1 aromatic rings. The van der Waals surface area contributed by atoms with Crippen molar-refractivity contribution < 1.29 is 32.3 Å². The molecule has 0 radical (unpaired) electrons. The SMILES string of the molecule is CC(C)[C@@H](NC(=O)OCc1ccccc1)C(=O)N[C@H](/C=C(\Cl)S(C)(=O)=O)CC(=O)OC(C)(C)C. The maximum absolute atomic E-state index is 12.9. The topological polar surface area (TPSA) is 128 Å². The lowest BCUT2D eigenvalue weighted by molar-refractivity contribution is -0.155. The molecule has 34 heavy (non-hydrogen) atoms. The van der Waals surface area contributed by atoms with Gasteiger partial charge < -0.3 is 20.1 Å². The van der Waals surface area contributed by atoms with Gasteiger partial charge in [-0.3, -0.25) is 9.59 Å². The van der Waals surface area contributed by atoms with Crippen molar-refractivity contribution in [1.29, 1.82) is 0 Å². The largest absolute Gasteiger partial charge is 0.460 e. The Labute approximate surface area is 206 Å². The highest BCUT2D eigenvalue weighted by Crippen LogP contribution is 2.15. The number of esters is 1. The second kappa shape index (κ2) is 12.8. The van der Waals surface area contributed by atoms with E-state index in [0.717, 1.165) is 17.9 Å². The predicted octanol–water partition coefficient (Wildman–Crippen LogP) is 3.28. The molecule has 0 spiro atoms. The molecule has 0 saturated heterocycles. The van der Waals surface area contributed by atoms with Crippen molar-refractivity contribution in [2.75, 3.05) is 6.26 Å². The zero-order valence-corrected chi connectivity index (χ0v) is 21.8. The molecule has 1 rings (SSSR count). The first-order valence-electron chi connectivity index (χ1n) is 10.7. The molecule has 1 aromatic carbocycles. The Kier molecular flexibility index (Phi) is 11.0. The van der Waals surface area contributed by atoms with Crippen LogP contribution in [0.25, 0.3) is 0 Å². The van der Waals surface area contributed by atoms with Crippen molar-refractivity contribution in [3.05, 3.63) is 46.3 Å². The fourth-order valence-corrected chi connectivity index (χ4v) is 3.26. The van der Waals surface area contributed by atoms with E-state index in [4.69, 9.17) is 21.1 Å². The van der Waals surface area contributed by atoms with Crippen LogP contribution in [0.5, 0.6) is 0 Å². The molecule has 0 aromatic heterocycles. The standard InChI is InChI=1S/C23H33ClN2O7S/c1-15(2)20(26-22(29)32-14-16-10-8-7-9-11-16)21(28)25-17(12-18(24)34(6,30)31)13-19(27)33-23(3,4)5/h7-12,15,17,20H,13-14H2,1-6H3,(H,25,28)(H,26,29)/b18-12+/t17-,20-/m1/s1. The molecule has 0 unspecified atom stereocenters. The van der Waals surface area contributed by atoms with Gasteiger partial charge in [0.05, 0.1) is 12.5 Å². The molecule has 190 valence electrons. The third-order valence-electron chi connectivity index (χ3n) is 4.26. The second-order valence-corrected chi connectivity index (χ2v) is 11.7. The molecule has 0 bridgehead atoms. The Morgan fingerprint density at radius 3 is 2.18 bits per heavy atom. The van der Waals surface area contributed by atoms with Crippen LogP contribution >= 0.6 is 11.6 Å². The molecule has 0 heterocycles. The van der Waals surface area contributed by atoms with Gasteiger partial charge in [0, 0.05) is 6.26 Å². The van der Waals surface area contributed by atoms with Crippen LogP contribution in [0.3, 0.4) is 0 Å². The minimum Gasteiger partial charge on any atom is -0.460 e. The molecule has 2 N–H and O–H groups in total. The second-order valence-electron chi connectivity index (χ2n) is 9.08. The van der Waals surface area contributed by atoms with Gasteiger partial charge >= 0.3 is 12.1 Å². The summed E-state index contributed by atoms with van der Waals surface area (Å²) in [6.45, 7) is 8.48. The number of halogens is 1. The van der Waals surface area contributed by atoms with E-state index < -0.39 is 49.9 Å². The molecule has 0 fully saturated rings. The number of carbonyl (C=O) groups is 3. The van der Waals surface area contributed by atoms with Crippen LogP contribution in [0.1, 0.15) is 46.6 Å². The van der Waals surface area contributed by atoms with Gasteiger partial charge in [-0.25, -0.2) is 13.2 Å². The van der Waals surface area contributed by atoms with E-state index in [9.17, 15) is 22.8 Å². The average molecular weight is 517 g/mol. The van der Waals surface area contributed by atoms with Crippen molar-refractivity contribution >= 4 is 39.4 Å². The molecule has 0 aliphatic carbocycles. The van der Waals surface area contributed by atoms with Crippen LogP contribution < -0.4 is 10.6 Å². The van der Waals surface area contributed by atoms with Gasteiger partial charge in [0.25, 0.3) is 0 Å². The monoisotopic (exact) mass is 516 g/mol. The smallest absolute Gasteiger partial charge is 0.408 e. The molecule has 2 atom stereocenters. The number of benzene rings is 1. The number of carbonyl (C=O) groups excluding carboxylic acids is 3. The van der Waals surface area contributed by atoms with Crippen LogP contribution in [0.4, 0.5) is 4.79 Å². The van der Waals surface area contributed by atoms with Gasteiger partial charge in [-0.1, -0.05) is 55.8 Å². The lowest BCUT2D eigenvalue weighted by Crippen LogP contribution is -2.52. The molecule has 2 amide bonds. The number of rotatable bonds is 10. The summed E-state index contributed by atoms with van der Waals surface area (Å²) in [7, 11) is -3.76. The maximum atomic E-state index is 12.9. The van der Waals surface area contributed by atoms with Gasteiger partial charge in [-0.15, -0.1) is 0 Å². The highest BCUT2D eigenvalue weighted by Gasteiger charge is 2.29. The number of ether oxygens (including phenoxy) is 2. The summed E-state index contributed by atoms with van der Waals surface area (Å²) in [6.07, 6.45) is 0.799. The van der Waals surface area contributed by atoms with Crippen molar-refractivity contribution in [2.45, 2.75) is 65.3 Å². The van der Waals surface area contributed by atoms with E-state index in [0.29, 0.717) is 0 Å². The summed E-state index contributed by atoms with van der Waals surface area (Å²) in [5.74, 6) is -1.65. The molecule has 0 aliphatic rings. The Morgan fingerprint density at radius 2 is 1.68 bits per heavy atom. The summed E-state index contributed by atoms with van der Waals surface area (Å²) >= 11 is 5.86. The normalized spacial score (nSPS) is 14.2. The lowest BCUT2D eigenvalue weighted by Gasteiger charge is -2.25. The Balaban J connectivity index is 2.95. The van der Waals surface area contributed by atoms with Crippen LogP contribution in [0.15, 0.2) is 40.8 Å². The molecule has 9 nitrogen and oxygen atoms in total. The van der Waals surface area contributed by atoms with Crippen LogP contribution in [-0.2, 0) is 35.5 Å². The van der Waals surface area contributed by atoms with Gasteiger partial charge in [0.15, 0.2) is 9.84 Å². The van der Waals surface area contributed by atoms with Gasteiger partial charge in [0.2, 0.25) is 5.91 Å². The van der Waals surface area contributed by atoms with Crippen LogP contribution in [-0.4, -0.2) is 50.3 Å². The van der Waals surface area contributed by atoms with Crippen molar-refractivity contribution in [1.82, 2.24) is 10.6 Å². The summed E-state index contributed by atoms with van der Waals surface area (Å²) in [5, 5.41) is 5.07. The number of nitrogens with one attached hydrogen (secondary N) is 2. The summed E-state index contributed by atoms with van der Waals surface area (Å²) in [4.78, 5) is 37.5. The van der Waals surface area contributed by atoms with Gasteiger partial charge in [0.1, 0.15) is 22.6 Å². The van der Waals surface area contributed by atoms with Gasteiger partial charge in [-0.2, -0.15) is 0 Å². The molecular formula is C23H33ClN2O7S. The van der Waals surface area contributed by atoms with E-state index in [-0.39, 0.29) is 18.9 Å². The number of hydrogen-bond acceptors (Lipinski definition) is 7. The van der Waals surface area contributed by atoms with E-state index in [2.05, 4.69) is 10.6 Å². The fourth-order valence-electron chi connectivity index (χ4n) is 2.70. The zero-order chi connectivity index (χ0) is 26.1. The van der Waals surface area contributed by atoms with Crippen molar-refractivity contribution in [2.24, 2.45) is 5.92 Å². The fraction of sp³-hybridized carbons (Fsp3) is 0.522. The molecular weight excluding hydrogens is 484 g/mol. The predicted molar refractivity (Wildman–Crippen MR) is 130 cm³/mol. The van der Waals surface area contributed by atoms with Crippen LogP contribution in [0, 0.1) is 5.92 Å². The van der Waals surface area contributed by atoms with Crippen molar-refractivity contribution in [3.63, 3.8) is 0 Å². The minimum absolute atomic E-state index is 0.0209. The molecule has 0 saturated carbocycles. The quantitative estimate of drug-likeness (QED) is 0.457. The highest BCUT2D eigenvalue weighted by molar-refractivity contribution is 7.96. The van der Waals surface area contributed by atoms with Crippen molar-refractivity contribution in [3.8, 4) is 0 Å². The van der Waals surface area contributed by atoms with E-state index in [1.165, 1.54) is 0 Å².